The first kappa shape index (κ1) is 11.2. The molecule has 0 N–H and O–H groups in total. The lowest BCUT2D eigenvalue weighted by molar-refractivity contribution is 0.870. The second-order valence-corrected chi connectivity index (χ2v) is 5.36. The normalized spacial score (nSPS) is 10.5. The van der Waals surface area contributed by atoms with E-state index in [4.69, 9.17) is 0 Å². The summed E-state index contributed by atoms with van der Waals surface area (Å²) >= 11 is 0. The topological polar surface area (TPSA) is 0 Å². The Morgan fingerprint density at radius 1 is 1.09 bits per heavy atom. The molecule has 0 bridgehead atoms. The summed E-state index contributed by atoms with van der Waals surface area (Å²) in [4.78, 5) is 0. The van der Waals surface area contributed by atoms with E-state index >= 15 is 0 Å². The summed E-state index contributed by atoms with van der Waals surface area (Å²) in [6, 6.07) is 0. The molecule has 0 aliphatic heterocycles. The summed E-state index contributed by atoms with van der Waals surface area (Å²) in [7, 11) is 0.194. The summed E-state index contributed by atoms with van der Waals surface area (Å²) in [6.07, 6.45) is 8.27. The van der Waals surface area contributed by atoms with E-state index in [9.17, 15) is 0 Å². The summed E-state index contributed by atoms with van der Waals surface area (Å²) in [6.45, 7) is 8.42. The Labute approximate surface area is 72.8 Å². The van der Waals surface area contributed by atoms with Crippen LogP contribution in [0.25, 0.3) is 0 Å². The van der Waals surface area contributed by atoms with Gasteiger partial charge in [0, 0.05) is 0 Å². The number of hydrogen-bond acceptors (Lipinski definition) is 0. The van der Waals surface area contributed by atoms with Crippen molar-refractivity contribution in [3.05, 3.63) is 12.4 Å². The zero-order valence-electron chi connectivity index (χ0n) is 7.97. The van der Waals surface area contributed by atoms with Crippen LogP contribution in [0, 0.1) is 0 Å². The standard InChI is InChI=1S/C10H21P/c1-4-7-9-11(6-3)10-8-5-2/h6H,3-5,7-10H2,1-2H3. The van der Waals surface area contributed by atoms with Crippen molar-refractivity contribution in [2.75, 3.05) is 12.3 Å². The van der Waals surface area contributed by atoms with E-state index in [-0.39, 0.29) is 7.92 Å². The minimum Gasteiger partial charge on any atom is -0.0986 e. The van der Waals surface area contributed by atoms with Crippen LogP contribution in [0.15, 0.2) is 12.4 Å². The highest BCUT2D eigenvalue weighted by atomic mass is 31.1. The van der Waals surface area contributed by atoms with Gasteiger partial charge in [0.15, 0.2) is 0 Å². The molecular weight excluding hydrogens is 151 g/mol. The van der Waals surface area contributed by atoms with Crippen LogP contribution in [0.1, 0.15) is 39.5 Å². The lowest BCUT2D eigenvalue weighted by Gasteiger charge is -2.10. The predicted molar refractivity (Wildman–Crippen MR) is 56.7 cm³/mol. The van der Waals surface area contributed by atoms with Gasteiger partial charge in [-0.1, -0.05) is 47.0 Å². The lowest BCUT2D eigenvalue weighted by Crippen LogP contribution is -1.87. The van der Waals surface area contributed by atoms with Crippen LogP contribution in [0.2, 0.25) is 0 Å². The molecule has 0 atom stereocenters. The molecule has 0 aromatic carbocycles. The molecule has 0 nitrogen and oxygen atoms in total. The van der Waals surface area contributed by atoms with Crippen LogP contribution in [-0.2, 0) is 0 Å². The molecule has 0 aromatic rings. The molecule has 0 amide bonds. The van der Waals surface area contributed by atoms with Crippen LogP contribution in [0.5, 0.6) is 0 Å². The van der Waals surface area contributed by atoms with Gasteiger partial charge in [-0.3, -0.25) is 0 Å². The van der Waals surface area contributed by atoms with Crippen molar-refractivity contribution in [3.63, 3.8) is 0 Å². The molecule has 0 radical (unpaired) electrons. The molecule has 0 aromatic heterocycles. The number of rotatable bonds is 7. The van der Waals surface area contributed by atoms with Crippen molar-refractivity contribution in [2.24, 2.45) is 0 Å². The Morgan fingerprint density at radius 3 is 1.82 bits per heavy atom. The smallest absolute Gasteiger partial charge is 0.0291 e. The van der Waals surface area contributed by atoms with Crippen molar-refractivity contribution in [1.82, 2.24) is 0 Å². The van der Waals surface area contributed by atoms with Crippen LogP contribution < -0.4 is 0 Å². The summed E-state index contributed by atoms with van der Waals surface area (Å²) in [5.41, 5.74) is 0. The Kier molecular flexibility index (Phi) is 8.40. The maximum absolute atomic E-state index is 3.90. The molecule has 0 unspecified atom stereocenters. The quantitative estimate of drug-likeness (QED) is 0.504. The molecule has 0 rings (SSSR count). The van der Waals surface area contributed by atoms with Gasteiger partial charge in [0.05, 0.1) is 0 Å². The monoisotopic (exact) mass is 172 g/mol. The molecule has 0 spiro atoms. The SMILES string of the molecule is C=CP(CCCC)CCCC. The molecule has 0 aliphatic rings. The predicted octanol–water partition coefficient (Wildman–Crippen LogP) is 4.21. The van der Waals surface area contributed by atoms with E-state index in [1.807, 2.05) is 0 Å². The van der Waals surface area contributed by atoms with Gasteiger partial charge >= 0.3 is 0 Å². The molecule has 1 heteroatoms. The molecule has 0 aliphatic carbocycles. The van der Waals surface area contributed by atoms with Gasteiger partial charge in [-0.25, -0.2) is 0 Å². The highest BCUT2D eigenvalue weighted by Crippen LogP contribution is 2.38. The van der Waals surface area contributed by atoms with Crippen molar-refractivity contribution < 1.29 is 0 Å². The minimum absolute atomic E-state index is 0.194. The Hall–Kier alpha value is 0.170. The van der Waals surface area contributed by atoms with E-state index < -0.39 is 0 Å². The fourth-order valence-electron chi connectivity index (χ4n) is 1.02. The zero-order chi connectivity index (χ0) is 8.53. The van der Waals surface area contributed by atoms with Gasteiger partial charge in [-0.15, -0.1) is 0 Å². The van der Waals surface area contributed by atoms with Crippen molar-refractivity contribution in [3.8, 4) is 0 Å². The van der Waals surface area contributed by atoms with Crippen molar-refractivity contribution in [1.29, 1.82) is 0 Å². The second kappa shape index (κ2) is 8.27. The van der Waals surface area contributed by atoms with E-state index in [2.05, 4.69) is 26.2 Å². The first-order chi connectivity index (χ1) is 5.35. The largest absolute Gasteiger partial charge is 0.0986 e. The summed E-state index contributed by atoms with van der Waals surface area (Å²) < 4.78 is 0. The fourth-order valence-corrected chi connectivity index (χ4v) is 3.05. The van der Waals surface area contributed by atoms with Crippen LogP contribution >= 0.6 is 7.92 Å². The van der Waals surface area contributed by atoms with Crippen LogP contribution in [-0.4, -0.2) is 12.3 Å². The lowest BCUT2D eigenvalue weighted by atomic mass is 10.4. The molecule has 0 saturated heterocycles. The summed E-state index contributed by atoms with van der Waals surface area (Å²) in [5, 5.41) is 0. The maximum Gasteiger partial charge on any atom is -0.0291 e. The maximum atomic E-state index is 3.90. The highest BCUT2D eigenvalue weighted by Gasteiger charge is 2.00. The zero-order valence-corrected chi connectivity index (χ0v) is 8.87. The summed E-state index contributed by atoms with van der Waals surface area (Å²) in [5.74, 6) is 2.20. The average Bonchev–Trinajstić information content (AvgIpc) is 2.05. The van der Waals surface area contributed by atoms with E-state index in [1.165, 1.54) is 38.0 Å². The third-order valence-electron chi connectivity index (χ3n) is 1.86. The fraction of sp³-hybridized carbons (Fsp3) is 0.800. The molecule has 66 valence electrons. The van der Waals surface area contributed by atoms with Crippen molar-refractivity contribution >= 4 is 7.92 Å². The van der Waals surface area contributed by atoms with E-state index in [0.29, 0.717) is 0 Å². The van der Waals surface area contributed by atoms with Crippen LogP contribution in [0.4, 0.5) is 0 Å². The highest BCUT2D eigenvalue weighted by molar-refractivity contribution is 7.60. The van der Waals surface area contributed by atoms with E-state index in [0.717, 1.165) is 0 Å². The average molecular weight is 172 g/mol. The van der Waals surface area contributed by atoms with Gasteiger partial charge in [0.1, 0.15) is 0 Å². The molecule has 0 saturated carbocycles. The van der Waals surface area contributed by atoms with Crippen molar-refractivity contribution in [2.45, 2.75) is 39.5 Å². The molecule has 0 fully saturated rings. The van der Waals surface area contributed by atoms with Gasteiger partial charge in [0.2, 0.25) is 0 Å². The van der Waals surface area contributed by atoms with Crippen LogP contribution in [0.3, 0.4) is 0 Å². The Bertz CT molecular complexity index is 80.9. The molecule has 11 heavy (non-hydrogen) atoms. The number of hydrogen-bond donors (Lipinski definition) is 0. The third-order valence-corrected chi connectivity index (χ3v) is 4.15. The third kappa shape index (κ3) is 6.56. The van der Waals surface area contributed by atoms with Gasteiger partial charge in [0.25, 0.3) is 0 Å². The minimum atomic E-state index is 0.194. The van der Waals surface area contributed by atoms with E-state index in [1.54, 1.807) is 0 Å². The first-order valence-electron chi connectivity index (χ1n) is 4.71. The Morgan fingerprint density at radius 2 is 1.55 bits per heavy atom. The van der Waals surface area contributed by atoms with Gasteiger partial charge in [-0.05, 0) is 25.2 Å². The first-order valence-corrected chi connectivity index (χ1v) is 6.49. The molecular formula is C10H21P. The second-order valence-electron chi connectivity index (χ2n) is 2.93. The van der Waals surface area contributed by atoms with Gasteiger partial charge in [-0.2, -0.15) is 0 Å². The number of unbranched alkanes of at least 4 members (excludes halogenated alkanes) is 2. The Balaban J connectivity index is 3.33. The van der Waals surface area contributed by atoms with Gasteiger partial charge < -0.3 is 0 Å². The molecule has 0 heterocycles.